The third kappa shape index (κ3) is 4.71. The lowest BCUT2D eigenvalue weighted by Gasteiger charge is -2.29. The van der Waals surface area contributed by atoms with Gasteiger partial charge in [-0.3, -0.25) is 4.57 Å². The summed E-state index contributed by atoms with van der Waals surface area (Å²) in [6.07, 6.45) is 2.89. The van der Waals surface area contributed by atoms with E-state index in [1.54, 1.807) is 20.2 Å². The number of fused-ring (bicyclic) bond motifs is 1. The number of anilines is 1. The third-order valence-corrected chi connectivity index (χ3v) is 4.55. The number of nitrogens with zero attached hydrogens (tertiary/aromatic N) is 5. The van der Waals surface area contributed by atoms with E-state index in [2.05, 4.69) is 25.2 Å². The molecule has 27 heavy (non-hydrogen) atoms. The van der Waals surface area contributed by atoms with Crippen molar-refractivity contribution >= 4 is 17.0 Å². The molecule has 3 rings (SSSR count). The molecule has 10 heteroatoms. The van der Waals surface area contributed by atoms with Crippen molar-refractivity contribution in [2.45, 2.75) is 44.5 Å². The predicted molar refractivity (Wildman–Crippen MR) is 101 cm³/mol. The molecule has 3 unspecified atom stereocenters. The lowest BCUT2D eigenvalue weighted by Crippen LogP contribution is -2.42. The van der Waals surface area contributed by atoms with Gasteiger partial charge in [0.2, 0.25) is 0 Å². The Hall–Kier alpha value is -1.85. The second-order valence-electron chi connectivity index (χ2n) is 7.42. The summed E-state index contributed by atoms with van der Waals surface area (Å²) in [5.41, 5.74) is 7.06. The summed E-state index contributed by atoms with van der Waals surface area (Å²) in [5.74, 6) is -0.904. The van der Waals surface area contributed by atoms with Crippen molar-refractivity contribution in [2.75, 3.05) is 39.5 Å². The first kappa shape index (κ1) is 19.9. The second kappa shape index (κ2) is 8.03. The minimum absolute atomic E-state index is 0.195. The lowest BCUT2D eigenvalue weighted by molar-refractivity contribution is -0.215. The zero-order valence-electron chi connectivity index (χ0n) is 16.3. The average Bonchev–Trinajstić information content (AvgIpc) is 3.17. The van der Waals surface area contributed by atoms with Gasteiger partial charge in [-0.1, -0.05) is 0 Å². The molecule has 0 aliphatic carbocycles. The van der Waals surface area contributed by atoms with Crippen LogP contribution in [-0.2, 0) is 9.47 Å². The summed E-state index contributed by atoms with van der Waals surface area (Å²) in [4.78, 5) is 14.8. The van der Waals surface area contributed by atoms with Crippen LogP contribution in [0.25, 0.3) is 11.2 Å². The van der Waals surface area contributed by atoms with Crippen molar-refractivity contribution in [3.8, 4) is 0 Å². The van der Waals surface area contributed by atoms with Crippen LogP contribution in [0.5, 0.6) is 0 Å². The number of likely N-dealkylation sites (N-methyl/N-ethyl adjacent to an activating group) is 2. The molecule has 1 aliphatic rings. The van der Waals surface area contributed by atoms with E-state index in [0.717, 1.165) is 13.1 Å². The molecule has 0 amide bonds. The number of aromatic nitrogens is 4. The number of aliphatic hydroxyl groups is 1. The first-order valence-corrected chi connectivity index (χ1v) is 9.10. The van der Waals surface area contributed by atoms with Gasteiger partial charge in [-0.2, -0.15) is 0 Å². The highest BCUT2D eigenvalue weighted by Crippen LogP contribution is 2.34. The molecule has 10 nitrogen and oxygen atoms in total. The summed E-state index contributed by atoms with van der Waals surface area (Å²) in [6.45, 7) is 5.70. The normalized spacial score (nSPS) is 23.6. The average molecular weight is 379 g/mol. The Labute approximate surface area is 158 Å². The second-order valence-corrected chi connectivity index (χ2v) is 7.42. The van der Waals surface area contributed by atoms with Crippen LogP contribution in [0.3, 0.4) is 0 Å². The molecule has 3 atom stereocenters. The SMILES string of the molecule is CNCCN(C)CC1OC(n2cnc3c(N)ncnc32)CC1OC(C)(C)O. The largest absolute Gasteiger partial charge is 0.382 e. The van der Waals surface area contributed by atoms with Gasteiger partial charge in [0.15, 0.2) is 17.3 Å². The van der Waals surface area contributed by atoms with Crippen LogP contribution in [0, 0.1) is 0 Å². The van der Waals surface area contributed by atoms with Crippen LogP contribution in [0.15, 0.2) is 12.7 Å². The van der Waals surface area contributed by atoms with E-state index in [4.69, 9.17) is 15.2 Å². The van der Waals surface area contributed by atoms with Crippen LogP contribution < -0.4 is 11.1 Å². The van der Waals surface area contributed by atoms with Crippen LogP contribution in [0.1, 0.15) is 26.5 Å². The van der Waals surface area contributed by atoms with E-state index in [0.29, 0.717) is 29.9 Å². The van der Waals surface area contributed by atoms with Crippen molar-refractivity contribution in [3.63, 3.8) is 0 Å². The van der Waals surface area contributed by atoms with Gasteiger partial charge in [-0.25, -0.2) is 15.0 Å². The molecule has 3 heterocycles. The summed E-state index contributed by atoms with van der Waals surface area (Å²) in [6, 6.07) is 0. The number of rotatable bonds is 8. The zero-order valence-corrected chi connectivity index (χ0v) is 16.3. The Morgan fingerprint density at radius 1 is 1.44 bits per heavy atom. The fraction of sp³-hybridized carbons (Fsp3) is 0.706. The molecule has 1 fully saturated rings. The number of nitrogen functional groups attached to an aromatic ring is 1. The van der Waals surface area contributed by atoms with Gasteiger partial charge in [0.1, 0.15) is 18.1 Å². The minimum atomic E-state index is -1.24. The number of ether oxygens (including phenoxy) is 2. The quantitative estimate of drug-likeness (QED) is 0.542. The van der Waals surface area contributed by atoms with Gasteiger partial charge in [-0.15, -0.1) is 0 Å². The van der Waals surface area contributed by atoms with E-state index in [9.17, 15) is 5.11 Å². The Morgan fingerprint density at radius 3 is 2.93 bits per heavy atom. The van der Waals surface area contributed by atoms with Crippen molar-refractivity contribution in [1.29, 1.82) is 0 Å². The Bertz CT molecular complexity index is 761. The highest BCUT2D eigenvalue weighted by atomic mass is 16.6. The molecule has 1 aliphatic heterocycles. The molecule has 0 radical (unpaired) electrons. The summed E-state index contributed by atoms with van der Waals surface area (Å²) in [5, 5.41) is 13.3. The van der Waals surface area contributed by atoms with Crippen LogP contribution in [0.2, 0.25) is 0 Å². The molecule has 4 N–H and O–H groups in total. The molecule has 0 bridgehead atoms. The van der Waals surface area contributed by atoms with Gasteiger partial charge >= 0.3 is 0 Å². The molecule has 1 saturated heterocycles. The summed E-state index contributed by atoms with van der Waals surface area (Å²) < 4.78 is 14.0. The van der Waals surface area contributed by atoms with E-state index in [1.165, 1.54) is 6.33 Å². The number of nitrogens with one attached hydrogen (secondary N) is 1. The monoisotopic (exact) mass is 379 g/mol. The molecular weight excluding hydrogens is 350 g/mol. The number of nitrogens with two attached hydrogens (primary N) is 1. The Kier molecular flexibility index (Phi) is 5.92. The van der Waals surface area contributed by atoms with Crippen molar-refractivity contribution in [2.24, 2.45) is 0 Å². The van der Waals surface area contributed by atoms with Crippen molar-refractivity contribution in [1.82, 2.24) is 29.7 Å². The van der Waals surface area contributed by atoms with Crippen molar-refractivity contribution < 1.29 is 14.6 Å². The van der Waals surface area contributed by atoms with E-state index < -0.39 is 5.79 Å². The van der Waals surface area contributed by atoms with Gasteiger partial charge in [0.05, 0.1) is 18.5 Å². The minimum Gasteiger partial charge on any atom is -0.382 e. The molecule has 2 aromatic heterocycles. The first-order chi connectivity index (χ1) is 12.8. The molecule has 0 aromatic carbocycles. The predicted octanol–water partition coefficient (Wildman–Crippen LogP) is -0.0392. The fourth-order valence-corrected chi connectivity index (χ4v) is 3.31. The topological polar surface area (TPSA) is 124 Å². The van der Waals surface area contributed by atoms with Gasteiger partial charge < -0.3 is 30.5 Å². The smallest absolute Gasteiger partial charge is 0.167 e. The van der Waals surface area contributed by atoms with E-state index >= 15 is 0 Å². The highest BCUT2D eigenvalue weighted by molar-refractivity contribution is 5.81. The Balaban J connectivity index is 1.80. The van der Waals surface area contributed by atoms with Gasteiger partial charge in [0, 0.05) is 26.1 Å². The molecule has 0 saturated carbocycles. The zero-order chi connectivity index (χ0) is 19.6. The standard InChI is InChI=1S/C17H29N7O3/c1-17(2,25)27-11-7-13(26-12(11)8-23(4)6-5-19-3)24-10-22-14-15(18)20-9-21-16(14)24/h9-13,19,25H,5-8H2,1-4H3,(H2,18,20,21). The fourth-order valence-electron chi connectivity index (χ4n) is 3.31. The summed E-state index contributed by atoms with van der Waals surface area (Å²) >= 11 is 0. The molecule has 150 valence electrons. The van der Waals surface area contributed by atoms with Crippen LogP contribution in [-0.4, -0.2) is 81.3 Å². The maximum absolute atomic E-state index is 10.1. The number of hydrogen-bond donors (Lipinski definition) is 3. The highest BCUT2D eigenvalue weighted by Gasteiger charge is 2.40. The Morgan fingerprint density at radius 2 is 2.22 bits per heavy atom. The lowest BCUT2D eigenvalue weighted by atomic mass is 10.1. The maximum atomic E-state index is 10.1. The van der Waals surface area contributed by atoms with Crippen LogP contribution in [0.4, 0.5) is 5.82 Å². The number of hydrogen-bond acceptors (Lipinski definition) is 9. The maximum Gasteiger partial charge on any atom is 0.167 e. The summed E-state index contributed by atoms with van der Waals surface area (Å²) in [7, 11) is 3.96. The van der Waals surface area contributed by atoms with Gasteiger partial charge in [0.25, 0.3) is 0 Å². The molecule has 0 spiro atoms. The van der Waals surface area contributed by atoms with Gasteiger partial charge in [-0.05, 0) is 27.9 Å². The molecule has 2 aromatic rings. The molecular formula is C17H29N7O3. The van der Waals surface area contributed by atoms with E-state index in [1.807, 2.05) is 18.7 Å². The first-order valence-electron chi connectivity index (χ1n) is 9.10. The van der Waals surface area contributed by atoms with E-state index in [-0.39, 0.29) is 18.4 Å². The van der Waals surface area contributed by atoms with Crippen molar-refractivity contribution in [3.05, 3.63) is 12.7 Å². The third-order valence-electron chi connectivity index (χ3n) is 4.55. The van der Waals surface area contributed by atoms with Crippen LogP contribution >= 0.6 is 0 Å². The number of imidazole rings is 1.